The first-order chi connectivity index (χ1) is 13.6. The van der Waals surface area contributed by atoms with Crippen LogP contribution in [-0.2, 0) is 16.1 Å². The van der Waals surface area contributed by atoms with E-state index in [0.29, 0.717) is 18.2 Å². The second kappa shape index (κ2) is 7.90. The average molecular weight is 392 g/mol. The summed E-state index contributed by atoms with van der Waals surface area (Å²) in [6.45, 7) is 2.72. The number of carbonyl (C=O) groups excluding carboxylic acids is 2. The van der Waals surface area contributed by atoms with Crippen LogP contribution in [0.2, 0.25) is 0 Å². The van der Waals surface area contributed by atoms with Crippen molar-refractivity contribution in [3.63, 3.8) is 0 Å². The number of hydrogen-bond donors (Lipinski definition) is 0. The van der Waals surface area contributed by atoms with Gasteiger partial charge in [0, 0.05) is 24.5 Å². The third-order valence-corrected chi connectivity index (χ3v) is 5.62. The molecule has 3 heterocycles. The molecule has 1 fully saturated rings. The van der Waals surface area contributed by atoms with E-state index in [4.69, 9.17) is 0 Å². The molecule has 0 aliphatic carbocycles. The lowest BCUT2D eigenvalue weighted by molar-refractivity contribution is -0.128. The fraction of sp³-hybridized carbons (Fsp3) is 0.238. The molecule has 1 saturated heterocycles. The fourth-order valence-electron chi connectivity index (χ4n) is 3.31. The summed E-state index contributed by atoms with van der Waals surface area (Å²) in [4.78, 5) is 38.0. The molecule has 1 unspecified atom stereocenters. The minimum Gasteiger partial charge on any atom is -0.336 e. The maximum atomic E-state index is 13.4. The number of para-hydroxylation sites is 1. The molecule has 0 radical (unpaired) electrons. The number of benzene rings is 1. The van der Waals surface area contributed by atoms with Gasteiger partial charge in [-0.2, -0.15) is 0 Å². The summed E-state index contributed by atoms with van der Waals surface area (Å²) in [5, 5.41) is 2.55. The highest BCUT2D eigenvalue weighted by Crippen LogP contribution is 2.32. The number of aromatic nitrogens is 2. The van der Waals surface area contributed by atoms with Gasteiger partial charge in [0.15, 0.2) is 5.13 Å². The average Bonchev–Trinajstić information content (AvgIpc) is 3.30. The third kappa shape index (κ3) is 3.80. The minimum atomic E-state index is -0.402. The highest BCUT2D eigenvalue weighted by molar-refractivity contribution is 7.14. The first-order valence-electron chi connectivity index (χ1n) is 9.10. The van der Waals surface area contributed by atoms with Crippen LogP contribution in [0, 0.1) is 12.8 Å². The van der Waals surface area contributed by atoms with Crippen LogP contribution in [0.3, 0.4) is 0 Å². The Labute approximate surface area is 167 Å². The Morgan fingerprint density at radius 1 is 1.21 bits per heavy atom. The van der Waals surface area contributed by atoms with Gasteiger partial charge in [0.05, 0.1) is 29.5 Å². The van der Waals surface area contributed by atoms with Crippen LogP contribution in [-0.4, -0.2) is 33.2 Å². The van der Waals surface area contributed by atoms with E-state index in [2.05, 4.69) is 9.97 Å². The standard InChI is InChI=1S/C21H20N4O2S/c1-15-14-28-21(23-15)25(18-8-3-2-4-9-18)20(27)16-11-19(26)24(12-16)13-17-7-5-6-10-22-17/h2-10,14,16H,11-13H2,1H3. The molecule has 2 aromatic heterocycles. The number of likely N-dealkylation sites (tertiary alicyclic amines) is 1. The van der Waals surface area contributed by atoms with E-state index in [9.17, 15) is 9.59 Å². The molecule has 1 atom stereocenters. The molecule has 28 heavy (non-hydrogen) atoms. The predicted octanol–water partition coefficient (Wildman–Crippen LogP) is 3.56. The molecule has 1 aliphatic heterocycles. The van der Waals surface area contributed by atoms with Crippen LogP contribution < -0.4 is 4.90 Å². The molecule has 2 amide bonds. The summed E-state index contributed by atoms with van der Waals surface area (Å²) < 4.78 is 0. The number of anilines is 2. The van der Waals surface area contributed by atoms with Crippen molar-refractivity contribution >= 4 is 34.0 Å². The molecule has 0 spiro atoms. The monoisotopic (exact) mass is 392 g/mol. The lowest BCUT2D eigenvalue weighted by atomic mass is 10.1. The highest BCUT2D eigenvalue weighted by atomic mass is 32.1. The van der Waals surface area contributed by atoms with Crippen molar-refractivity contribution in [2.75, 3.05) is 11.4 Å². The summed E-state index contributed by atoms with van der Waals surface area (Å²) in [7, 11) is 0. The Morgan fingerprint density at radius 3 is 2.68 bits per heavy atom. The van der Waals surface area contributed by atoms with E-state index in [1.807, 2.05) is 60.8 Å². The molecule has 0 saturated carbocycles. The number of pyridine rings is 1. The molecule has 7 heteroatoms. The van der Waals surface area contributed by atoms with E-state index in [0.717, 1.165) is 17.1 Å². The van der Waals surface area contributed by atoms with Crippen molar-refractivity contribution in [2.45, 2.75) is 19.9 Å². The topological polar surface area (TPSA) is 66.4 Å². The zero-order chi connectivity index (χ0) is 19.5. The second-order valence-corrected chi connectivity index (χ2v) is 7.61. The number of amides is 2. The van der Waals surface area contributed by atoms with Crippen LogP contribution >= 0.6 is 11.3 Å². The van der Waals surface area contributed by atoms with Crippen molar-refractivity contribution in [3.05, 3.63) is 71.5 Å². The van der Waals surface area contributed by atoms with E-state index in [1.54, 1.807) is 16.0 Å². The van der Waals surface area contributed by atoms with Gasteiger partial charge in [-0.3, -0.25) is 19.5 Å². The third-order valence-electron chi connectivity index (χ3n) is 4.68. The van der Waals surface area contributed by atoms with E-state index in [-0.39, 0.29) is 18.2 Å². The van der Waals surface area contributed by atoms with Gasteiger partial charge < -0.3 is 4.90 Å². The van der Waals surface area contributed by atoms with E-state index in [1.165, 1.54) is 11.3 Å². The number of thiazole rings is 1. The second-order valence-electron chi connectivity index (χ2n) is 6.78. The fourth-order valence-corrected chi connectivity index (χ4v) is 4.14. The Kier molecular flexibility index (Phi) is 5.16. The van der Waals surface area contributed by atoms with Gasteiger partial charge in [0.25, 0.3) is 0 Å². The van der Waals surface area contributed by atoms with Crippen molar-refractivity contribution in [1.29, 1.82) is 0 Å². The zero-order valence-corrected chi connectivity index (χ0v) is 16.3. The lowest BCUT2D eigenvalue weighted by Crippen LogP contribution is -2.34. The van der Waals surface area contributed by atoms with Gasteiger partial charge in [-0.15, -0.1) is 11.3 Å². The lowest BCUT2D eigenvalue weighted by Gasteiger charge is -2.23. The maximum absolute atomic E-state index is 13.4. The van der Waals surface area contributed by atoms with E-state index >= 15 is 0 Å². The molecule has 1 aromatic carbocycles. The number of carbonyl (C=O) groups is 2. The van der Waals surface area contributed by atoms with Gasteiger partial charge in [-0.05, 0) is 31.2 Å². The van der Waals surface area contributed by atoms with Gasteiger partial charge in [0.1, 0.15) is 0 Å². The zero-order valence-electron chi connectivity index (χ0n) is 15.5. The van der Waals surface area contributed by atoms with Gasteiger partial charge in [-0.1, -0.05) is 24.3 Å². The molecular formula is C21H20N4O2S. The Balaban J connectivity index is 1.56. The highest BCUT2D eigenvalue weighted by Gasteiger charge is 2.38. The van der Waals surface area contributed by atoms with Crippen molar-refractivity contribution in [2.24, 2.45) is 5.92 Å². The minimum absolute atomic E-state index is 0.0210. The number of rotatable bonds is 5. The van der Waals surface area contributed by atoms with Crippen LogP contribution in [0.4, 0.5) is 10.8 Å². The first kappa shape index (κ1) is 18.3. The number of aryl methyl sites for hydroxylation is 1. The predicted molar refractivity (Wildman–Crippen MR) is 108 cm³/mol. The van der Waals surface area contributed by atoms with Gasteiger partial charge in [-0.25, -0.2) is 4.98 Å². The molecule has 6 nitrogen and oxygen atoms in total. The SMILES string of the molecule is Cc1csc(N(C(=O)C2CC(=O)N(Cc3ccccn3)C2)c2ccccc2)n1. The van der Waals surface area contributed by atoms with Crippen molar-refractivity contribution in [3.8, 4) is 0 Å². The van der Waals surface area contributed by atoms with Gasteiger partial charge >= 0.3 is 0 Å². The molecule has 0 N–H and O–H groups in total. The first-order valence-corrected chi connectivity index (χ1v) is 9.98. The Morgan fingerprint density at radius 2 is 2.00 bits per heavy atom. The molecule has 3 aromatic rings. The molecule has 0 bridgehead atoms. The molecular weight excluding hydrogens is 372 g/mol. The Hall–Kier alpha value is -3.06. The van der Waals surface area contributed by atoms with Crippen LogP contribution in [0.15, 0.2) is 60.1 Å². The van der Waals surface area contributed by atoms with E-state index < -0.39 is 5.92 Å². The Bertz CT molecular complexity index is 974. The van der Waals surface area contributed by atoms with Crippen LogP contribution in [0.5, 0.6) is 0 Å². The maximum Gasteiger partial charge on any atom is 0.238 e. The molecule has 4 rings (SSSR count). The number of nitrogens with zero attached hydrogens (tertiary/aromatic N) is 4. The molecule has 142 valence electrons. The van der Waals surface area contributed by atoms with Crippen molar-refractivity contribution < 1.29 is 9.59 Å². The normalized spacial score (nSPS) is 16.4. The van der Waals surface area contributed by atoms with Crippen molar-refractivity contribution in [1.82, 2.24) is 14.9 Å². The number of hydrogen-bond acceptors (Lipinski definition) is 5. The summed E-state index contributed by atoms with van der Waals surface area (Å²) in [5.74, 6) is -0.523. The van der Waals surface area contributed by atoms with Crippen LogP contribution in [0.1, 0.15) is 17.8 Å². The summed E-state index contributed by atoms with van der Waals surface area (Å²) >= 11 is 1.43. The van der Waals surface area contributed by atoms with Crippen LogP contribution in [0.25, 0.3) is 0 Å². The largest absolute Gasteiger partial charge is 0.336 e. The van der Waals surface area contributed by atoms with Gasteiger partial charge in [0.2, 0.25) is 11.8 Å². The summed E-state index contributed by atoms with van der Waals surface area (Å²) in [6.07, 6.45) is 1.92. The molecule has 1 aliphatic rings. The summed E-state index contributed by atoms with van der Waals surface area (Å²) in [5.41, 5.74) is 2.45. The smallest absolute Gasteiger partial charge is 0.238 e. The summed E-state index contributed by atoms with van der Waals surface area (Å²) in [6, 6.07) is 15.1. The quantitative estimate of drug-likeness (QED) is 0.666.